The number of nitrogens with one attached hydrogen (secondary N) is 2. The molecular formula is C31H34N4O6. The summed E-state index contributed by atoms with van der Waals surface area (Å²) in [5, 5.41) is 5.81. The molecule has 214 valence electrons. The second kappa shape index (κ2) is 12.8. The van der Waals surface area contributed by atoms with Crippen LogP contribution in [0.15, 0.2) is 67.0 Å². The van der Waals surface area contributed by atoms with Gasteiger partial charge in [-0.2, -0.15) is 0 Å². The molecule has 3 atom stereocenters. The molecule has 2 aromatic carbocycles. The van der Waals surface area contributed by atoms with Gasteiger partial charge in [-0.3, -0.25) is 19.4 Å². The highest BCUT2D eigenvalue weighted by atomic mass is 16.5. The van der Waals surface area contributed by atoms with Crippen molar-refractivity contribution < 1.29 is 28.6 Å². The number of rotatable bonds is 8. The zero-order valence-corrected chi connectivity index (χ0v) is 23.2. The standard InChI is InChI=1S/C31H34N4O6/c1-35-25-9-8-22(18-29(36)33-16-13-20-11-14-32-15-12-20)41-28(25)19-40-27-10-7-21(17-24(27)31(35)38)34-30(37)23-5-3-4-6-26(23)39-2/h3-7,10-12,14-15,17,22,25,28H,8-9,13,16,18-19H2,1-2H3,(H,33,36)(H,34,37)/t22-,25-,28-/m1/s1. The number of likely N-dealkylation sites (N-methyl/N-ethyl adjacent to an activating group) is 1. The Hall–Kier alpha value is -4.44. The van der Waals surface area contributed by atoms with Gasteiger partial charge in [-0.1, -0.05) is 12.1 Å². The molecule has 3 amide bonds. The first-order chi connectivity index (χ1) is 19.9. The molecule has 3 heterocycles. The number of benzene rings is 2. The fraction of sp³-hybridized carbons (Fsp3) is 0.355. The minimum Gasteiger partial charge on any atom is -0.496 e. The quantitative estimate of drug-likeness (QED) is 0.435. The van der Waals surface area contributed by atoms with E-state index in [-0.39, 0.29) is 49.0 Å². The molecule has 0 aliphatic carbocycles. The highest BCUT2D eigenvalue weighted by Crippen LogP contribution is 2.33. The fourth-order valence-electron chi connectivity index (χ4n) is 5.31. The molecule has 41 heavy (non-hydrogen) atoms. The first-order valence-electron chi connectivity index (χ1n) is 13.7. The maximum atomic E-state index is 13.5. The Morgan fingerprint density at radius 2 is 1.90 bits per heavy atom. The molecule has 0 spiro atoms. The molecule has 1 saturated heterocycles. The van der Waals surface area contributed by atoms with Gasteiger partial charge in [0.25, 0.3) is 11.8 Å². The smallest absolute Gasteiger partial charge is 0.259 e. The predicted molar refractivity (Wildman–Crippen MR) is 152 cm³/mol. The van der Waals surface area contributed by atoms with E-state index in [9.17, 15) is 14.4 Å². The minimum absolute atomic E-state index is 0.0632. The summed E-state index contributed by atoms with van der Waals surface area (Å²) in [5.74, 6) is 0.239. The first kappa shape index (κ1) is 28.1. The Morgan fingerprint density at radius 3 is 2.71 bits per heavy atom. The van der Waals surface area contributed by atoms with Crippen LogP contribution in [0.3, 0.4) is 0 Å². The number of hydrogen-bond donors (Lipinski definition) is 2. The van der Waals surface area contributed by atoms with Gasteiger partial charge in [0.15, 0.2) is 0 Å². The van der Waals surface area contributed by atoms with E-state index in [4.69, 9.17) is 14.2 Å². The van der Waals surface area contributed by atoms with Gasteiger partial charge in [-0.15, -0.1) is 0 Å². The normalized spacial score (nSPS) is 20.0. The lowest BCUT2D eigenvalue weighted by atomic mass is 9.94. The highest BCUT2D eigenvalue weighted by molar-refractivity contribution is 6.07. The molecule has 0 radical (unpaired) electrons. The topological polar surface area (TPSA) is 119 Å². The molecule has 2 aliphatic rings. The van der Waals surface area contributed by atoms with E-state index in [1.165, 1.54) is 7.11 Å². The summed E-state index contributed by atoms with van der Waals surface area (Å²) in [7, 11) is 3.26. The second-order valence-corrected chi connectivity index (χ2v) is 10.2. The molecule has 2 aliphatic heterocycles. The monoisotopic (exact) mass is 558 g/mol. The van der Waals surface area contributed by atoms with Crippen LogP contribution in [0.5, 0.6) is 11.5 Å². The Balaban J connectivity index is 1.20. The summed E-state index contributed by atoms with van der Waals surface area (Å²) in [6, 6.07) is 15.6. The van der Waals surface area contributed by atoms with Gasteiger partial charge < -0.3 is 29.7 Å². The van der Waals surface area contributed by atoms with Crippen molar-refractivity contribution in [2.24, 2.45) is 0 Å². The van der Waals surface area contributed by atoms with Gasteiger partial charge in [0.2, 0.25) is 5.91 Å². The predicted octanol–water partition coefficient (Wildman–Crippen LogP) is 3.47. The molecule has 0 saturated carbocycles. The average molecular weight is 559 g/mol. The molecule has 0 unspecified atom stereocenters. The van der Waals surface area contributed by atoms with Crippen LogP contribution in [0.1, 0.15) is 45.5 Å². The van der Waals surface area contributed by atoms with Crippen LogP contribution >= 0.6 is 0 Å². The zero-order chi connectivity index (χ0) is 28.8. The number of fused-ring (bicyclic) bond motifs is 2. The van der Waals surface area contributed by atoms with Crippen LogP contribution in [0.25, 0.3) is 0 Å². The number of pyridine rings is 1. The van der Waals surface area contributed by atoms with Gasteiger partial charge >= 0.3 is 0 Å². The molecule has 1 aromatic heterocycles. The van der Waals surface area contributed by atoms with Crippen LogP contribution in [-0.4, -0.2) is 73.2 Å². The minimum atomic E-state index is -0.370. The number of ether oxygens (including phenoxy) is 3. The summed E-state index contributed by atoms with van der Waals surface area (Å²) in [6.07, 6.45) is 5.17. The maximum Gasteiger partial charge on any atom is 0.259 e. The van der Waals surface area contributed by atoms with Crippen molar-refractivity contribution in [3.8, 4) is 11.5 Å². The lowest BCUT2D eigenvalue weighted by molar-refractivity contribution is -0.134. The van der Waals surface area contributed by atoms with E-state index in [2.05, 4.69) is 15.6 Å². The molecule has 2 N–H and O–H groups in total. The molecule has 10 nitrogen and oxygen atoms in total. The van der Waals surface area contributed by atoms with E-state index in [0.29, 0.717) is 47.7 Å². The third kappa shape index (κ3) is 6.66. The van der Waals surface area contributed by atoms with Crippen molar-refractivity contribution in [3.05, 3.63) is 83.7 Å². The molecule has 10 heteroatoms. The Bertz CT molecular complexity index is 1400. The SMILES string of the molecule is COc1ccccc1C(=O)Nc1ccc2c(c1)C(=O)N(C)[C@@H]1CC[C@H](CC(=O)NCCc3ccncc3)O[C@@H]1CO2. The number of amides is 3. The lowest BCUT2D eigenvalue weighted by Crippen LogP contribution is -2.54. The van der Waals surface area contributed by atoms with Crippen LogP contribution in [-0.2, 0) is 16.0 Å². The Morgan fingerprint density at radius 1 is 1.10 bits per heavy atom. The summed E-state index contributed by atoms with van der Waals surface area (Å²) in [6.45, 7) is 0.780. The Labute approximate surface area is 239 Å². The Kier molecular flexibility index (Phi) is 8.79. The number of para-hydroxylation sites is 1. The van der Waals surface area contributed by atoms with Gasteiger partial charge in [0, 0.05) is 31.7 Å². The van der Waals surface area contributed by atoms with E-state index >= 15 is 0 Å². The van der Waals surface area contributed by atoms with Crippen LogP contribution < -0.4 is 20.1 Å². The van der Waals surface area contributed by atoms with Crippen LogP contribution in [0.4, 0.5) is 5.69 Å². The molecule has 1 fully saturated rings. The number of methoxy groups -OCH3 is 1. The number of anilines is 1. The molecule has 5 rings (SSSR count). The van der Waals surface area contributed by atoms with Crippen molar-refractivity contribution in [3.63, 3.8) is 0 Å². The summed E-state index contributed by atoms with van der Waals surface area (Å²) in [4.78, 5) is 44.7. The molecule has 0 bridgehead atoms. The van der Waals surface area contributed by atoms with Gasteiger partial charge in [0.05, 0.1) is 36.8 Å². The summed E-state index contributed by atoms with van der Waals surface area (Å²) < 4.78 is 17.6. The lowest BCUT2D eigenvalue weighted by Gasteiger charge is -2.42. The third-order valence-electron chi connectivity index (χ3n) is 7.52. The molecule has 3 aromatic rings. The number of carbonyl (C=O) groups excluding carboxylic acids is 3. The molecular weight excluding hydrogens is 524 g/mol. The van der Waals surface area contributed by atoms with Crippen molar-refractivity contribution in [1.29, 1.82) is 0 Å². The van der Waals surface area contributed by atoms with E-state index in [1.807, 2.05) is 12.1 Å². The fourth-order valence-corrected chi connectivity index (χ4v) is 5.31. The van der Waals surface area contributed by atoms with Crippen molar-refractivity contribution in [2.45, 2.75) is 43.9 Å². The van der Waals surface area contributed by atoms with E-state index < -0.39 is 0 Å². The first-order valence-corrected chi connectivity index (χ1v) is 13.7. The second-order valence-electron chi connectivity index (χ2n) is 10.2. The number of carbonyl (C=O) groups is 3. The zero-order valence-electron chi connectivity index (χ0n) is 23.2. The van der Waals surface area contributed by atoms with E-state index in [1.54, 1.807) is 66.8 Å². The van der Waals surface area contributed by atoms with Crippen molar-refractivity contribution in [2.75, 3.05) is 32.6 Å². The van der Waals surface area contributed by atoms with Gasteiger partial charge in [-0.05, 0) is 67.3 Å². The third-order valence-corrected chi connectivity index (χ3v) is 7.52. The largest absolute Gasteiger partial charge is 0.496 e. The number of nitrogens with zero attached hydrogens (tertiary/aromatic N) is 2. The average Bonchev–Trinajstić information content (AvgIpc) is 2.99. The van der Waals surface area contributed by atoms with Gasteiger partial charge in [0.1, 0.15) is 24.2 Å². The highest BCUT2D eigenvalue weighted by Gasteiger charge is 2.39. The number of aromatic nitrogens is 1. The number of hydrogen-bond acceptors (Lipinski definition) is 7. The van der Waals surface area contributed by atoms with Crippen LogP contribution in [0, 0.1) is 0 Å². The van der Waals surface area contributed by atoms with Crippen LogP contribution in [0.2, 0.25) is 0 Å². The van der Waals surface area contributed by atoms with Gasteiger partial charge in [-0.25, -0.2) is 0 Å². The van der Waals surface area contributed by atoms with Crippen molar-refractivity contribution >= 4 is 23.4 Å². The van der Waals surface area contributed by atoms with E-state index in [0.717, 1.165) is 12.0 Å². The maximum absolute atomic E-state index is 13.5. The van der Waals surface area contributed by atoms with Crippen molar-refractivity contribution in [1.82, 2.24) is 15.2 Å². The summed E-state index contributed by atoms with van der Waals surface area (Å²) in [5.41, 5.74) is 2.33. The summed E-state index contributed by atoms with van der Waals surface area (Å²) >= 11 is 0.